The smallest absolute Gasteiger partial charge is 0.257 e. The third-order valence-electron chi connectivity index (χ3n) is 3.58. The molecule has 1 aromatic heterocycles. The number of hydrogen-bond donors (Lipinski definition) is 2. The molecule has 2 aromatic rings. The summed E-state index contributed by atoms with van der Waals surface area (Å²) < 4.78 is 10.5. The van der Waals surface area contributed by atoms with Crippen molar-refractivity contribution in [1.29, 1.82) is 0 Å². The highest BCUT2D eigenvalue weighted by molar-refractivity contribution is 6.32. The van der Waals surface area contributed by atoms with Crippen molar-refractivity contribution in [3.05, 3.63) is 41.2 Å². The Kier molecular flexibility index (Phi) is 6.89. The molecule has 0 aliphatic carbocycles. The molecule has 7 heteroatoms. The second kappa shape index (κ2) is 9.13. The number of methoxy groups -OCH3 is 2. The minimum atomic E-state index is -0.297. The molecular weight excluding hydrogens is 342 g/mol. The normalized spacial score (nSPS) is 10.2. The van der Waals surface area contributed by atoms with E-state index >= 15 is 0 Å². The zero-order valence-corrected chi connectivity index (χ0v) is 15.3. The Balaban J connectivity index is 2.18. The van der Waals surface area contributed by atoms with Crippen LogP contribution in [0.15, 0.2) is 30.6 Å². The summed E-state index contributed by atoms with van der Waals surface area (Å²) in [5.74, 6) is 0.601. The number of benzene rings is 1. The van der Waals surface area contributed by atoms with Crippen LogP contribution in [0.4, 0.5) is 11.4 Å². The summed E-state index contributed by atoms with van der Waals surface area (Å²) in [7, 11) is 3.02. The minimum Gasteiger partial charge on any atom is -0.495 e. The van der Waals surface area contributed by atoms with Gasteiger partial charge in [0.05, 0.1) is 36.2 Å². The Hall–Kier alpha value is -2.47. The van der Waals surface area contributed by atoms with E-state index < -0.39 is 0 Å². The van der Waals surface area contributed by atoms with Gasteiger partial charge in [0, 0.05) is 31.1 Å². The summed E-state index contributed by atoms with van der Waals surface area (Å²) in [6.07, 6.45) is 5.36. The van der Waals surface area contributed by atoms with Crippen LogP contribution in [-0.4, -0.2) is 31.7 Å². The number of pyridine rings is 1. The molecule has 0 saturated heterocycles. The van der Waals surface area contributed by atoms with Crippen LogP contribution in [0.1, 0.15) is 30.1 Å². The molecule has 6 nitrogen and oxygen atoms in total. The van der Waals surface area contributed by atoms with Crippen LogP contribution in [0.25, 0.3) is 0 Å². The fourth-order valence-corrected chi connectivity index (χ4v) is 2.45. The first kappa shape index (κ1) is 18.9. The molecule has 1 aromatic carbocycles. The van der Waals surface area contributed by atoms with Crippen LogP contribution in [0.2, 0.25) is 5.02 Å². The lowest BCUT2D eigenvalue weighted by atomic mass is 10.2. The number of hydrogen-bond acceptors (Lipinski definition) is 5. The maximum atomic E-state index is 12.5. The van der Waals surface area contributed by atoms with Gasteiger partial charge in [0.25, 0.3) is 5.91 Å². The van der Waals surface area contributed by atoms with Gasteiger partial charge in [-0.25, -0.2) is 0 Å². The third kappa shape index (κ3) is 5.00. The average molecular weight is 364 g/mol. The van der Waals surface area contributed by atoms with Crippen LogP contribution in [0.3, 0.4) is 0 Å². The lowest BCUT2D eigenvalue weighted by Gasteiger charge is -2.13. The summed E-state index contributed by atoms with van der Waals surface area (Å²) >= 11 is 6.08. The zero-order valence-electron chi connectivity index (χ0n) is 14.6. The van der Waals surface area contributed by atoms with Crippen LogP contribution in [0.5, 0.6) is 11.5 Å². The number of ether oxygens (including phenoxy) is 2. The van der Waals surface area contributed by atoms with Crippen molar-refractivity contribution in [2.75, 3.05) is 31.4 Å². The van der Waals surface area contributed by atoms with Gasteiger partial charge in [-0.1, -0.05) is 24.9 Å². The van der Waals surface area contributed by atoms with Crippen molar-refractivity contribution >= 4 is 28.9 Å². The van der Waals surface area contributed by atoms with E-state index in [0.717, 1.165) is 25.1 Å². The molecule has 0 fully saturated rings. The van der Waals surface area contributed by atoms with Crippen LogP contribution < -0.4 is 20.1 Å². The van der Waals surface area contributed by atoms with Gasteiger partial charge in [-0.2, -0.15) is 0 Å². The standard InChI is InChI=1S/C18H22ClN3O3/c1-4-5-6-21-13-7-12(10-20-11-13)18(23)22-15-9-16(24-2)14(19)8-17(15)25-3/h7-11,21H,4-6H2,1-3H3,(H,22,23). The monoisotopic (exact) mass is 363 g/mol. The van der Waals surface area contributed by atoms with Crippen LogP contribution >= 0.6 is 11.6 Å². The fraction of sp³-hybridized carbons (Fsp3) is 0.333. The molecule has 0 unspecified atom stereocenters. The number of carbonyl (C=O) groups is 1. The molecule has 0 spiro atoms. The highest BCUT2D eigenvalue weighted by atomic mass is 35.5. The molecule has 134 valence electrons. The molecule has 1 heterocycles. The highest BCUT2D eigenvalue weighted by Gasteiger charge is 2.14. The molecule has 0 bridgehead atoms. The summed E-state index contributed by atoms with van der Waals surface area (Å²) in [5.41, 5.74) is 1.72. The Morgan fingerprint density at radius 3 is 2.60 bits per heavy atom. The number of aromatic nitrogens is 1. The van der Waals surface area contributed by atoms with Crippen molar-refractivity contribution in [2.45, 2.75) is 19.8 Å². The van der Waals surface area contributed by atoms with Crippen molar-refractivity contribution in [3.63, 3.8) is 0 Å². The maximum Gasteiger partial charge on any atom is 0.257 e. The van der Waals surface area contributed by atoms with E-state index in [1.807, 2.05) is 0 Å². The number of rotatable bonds is 8. The number of unbranched alkanes of at least 4 members (excludes halogenated alkanes) is 1. The van der Waals surface area contributed by atoms with Crippen LogP contribution in [0, 0.1) is 0 Å². The molecular formula is C18H22ClN3O3. The van der Waals surface area contributed by atoms with E-state index in [-0.39, 0.29) is 5.91 Å². The van der Waals surface area contributed by atoms with E-state index in [1.54, 1.807) is 24.4 Å². The lowest BCUT2D eigenvalue weighted by molar-refractivity contribution is 0.102. The number of amides is 1. The SMILES string of the molecule is CCCCNc1cncc(C(=O)Nc2cc(OC)c(Cl)cc2OC)c1. The van der Waals surface area contributed by atoms with Gasteiger partial charge in [0.1, 0.15) is 11.5 Å². The van der Waals surface area contributed by atoms with Gasteiger partial charge in [0.15, 0.2) is 0 Å². The number of anilines is 2. The molecule has 0 atom stereocenters. The third-order valence-corrected chi connectivity index (χ3v) is 3.88. The molecule has 1 amide bonds. The van der Waals surface area contributed by atoms with Gasteiger partial charge < -0.3 is 20.1 Å². The summed E-state index contributed by atoms with van der Waals surface area (Å²) in [6, 6.07) is 4.98. The lowest BCUT2D eigenvalue weighted by Crippen LogP contribution is -2.14. The topological polar surface area (TPSA) is 72.5 Å². The van der Waals surface area contributed by atoms with Gasteiger partial charge in [-0.15, -0.1) is 0 Å². The average Bonchev–Trinajstić information content (AvgIpc) is 2.63. The van der Waals surface area contributed by atoms with Crippen molar-refractivity contribution in [2.24, 2.45) is 0 Å². The van der Waals surface area contributed by atoms with E-state index in [9.17, 15) is 4.79 Å². The maximum absolute atomic E-state index is 12.5. The first-order chi connectivity index (χ1) is 12.1. The van der Waals surface area contributed by atoms with Crippen molar-refractivity contribution in [3.8, 4) is 11.5 Å². The zero-order chi connectivity index (χ0) is 18.2. The van der Waals surface area contributed by atoms with E-state index in [0.29, 0.717) is 27.8 Å². The summed E-state index contributed by atoms with van der Waals surface area (Å²) in [5, 5.41) is 6.46. The Labute approximate surface area is 152 Å². The van der Waals surface area contributed by atoms with Gasteiger partial charge in [-0.3, -0.25) is 9.78 Å². The van der Waals surface area contributed by atoms with Crippen LogP contribution in [-0.2, 0) is 0 Å². The van der Waals surface area contributed by atoms with E-state index in [1.165, 1.54) is 20.4 Å². The first-order valence-corrected chi connectivity index (χ1v) is 8.38. The quantitative estimate of drug-likeness (QED) is 0.687. The second-order valence-electron chi connectivity index (χ2n) is 5.38. The molecule has 2 N–H and O–H groups in total. The predicted octanol–water partition coefficient (Wildman–Crippen LogP) is 4.22. The Bertz CT molecular complexity index is 738. The van der Waals surface area contributed by atoms with E-state index in [4.69, 9.17) is 21.1 Å². The van der Waals surface area contributed by atoms with Gasteiger partial charge >= 0.3 is 0 Å². The summed E-state index contributed by atoms with van der Waals surface area (Å²) in [6.45, 7) is 2.96. The summed E-state index contributed by atoms with van der Waals surface area (Å²) in [4.78, 5) is 16.7. The second-order valence-corrected chi connectivity index (χ2v) is 5.79. The molecule has 0 saturated carbocycles. The Morgan fingerprint density at radius 2 is 1.92 bits per heavy atom. The molecule has 25 heavy (non-hydrogen) atoms. The highest BCUT2D eigenvalue weighted by Crippen LogP contribution is 2.36. The van der Waals surface area contributed by atoms with Crippen molar-refractivity contribution < 1.29 is 14.3 Å². The molecule has 0 aliphatic rings. The number of nitrogens with zero attached hydrogens (tertiary/aromatic N) is 1. The molecule has 0 radical (unpaired) electrons. The number of nitrogens with one attached hydrogen (secondary N) is 2. The largest absolute Gasteiger partial charge is 0.495 e. The Morgan fingerprint density at radius 1 is 1.16 bits per heavy atom. The van der Waals surface area contributed by atoms with Crippen molar-refractivity contribution in [1.82, 2.24) is 4.98 Å². The van der Waals surface area contributed by atoms with E-state index in [2.05, 4.69) is 22.5 Å². The van der Waals surface area contributed by atoms with Gasteiger partial charge in [-0.05, 0) is 12.5 Å². The minimum absolute atomic E-state index is 0.297. The predicted molar refractivity (Wildman–Crippen MR) is 100 cm³/mol. The number of halogens is 1. The number of carbonyl (C=O) groups excluding carboxylic acids is 1. The molecule has 0 aliphatic heterocycles. The fourth-order valence-electron chi connectivity index (χ4n) is 2.22. The first-order valence-electron chi connectivity index (χ1n) is 8.00. The molecule has 2 rings (SSSR count). The van der Waals surface area contributed by atoms with Gasteiger partial charge in [0.2, 0.25) is 0 Å².